The largest absolute Gasteiger partial charge is 0.481 e. The number of hydrogen-bond acceptors (Lipinski definition) is 3. The Morgan fingerprint density at radius 2 is 2.29 bits per heavy atom. The van der Waals surface area contributed by atoms with Gasteiger partial charge in [0.05, 0.1) is 6.42 Å². The minimum Gasteiger partial charge on any atom is -0.481 e. The van der Waals surface area contributed by atoms with Crippen molar-refractivity contribution in [1.29, 1.82) is 0 Å². The maximum Gasteiger partial charge on any atom is 0.305 e. The molecule has 3 nitrogen and oxygen atoms in total. The molecule has 0 spiro atoms. The van der Waals surface area contributed by atoms with Crippen LogP contribution in [-0.4, -0.2) is 46.6 Å². The average molecular weight is 217 g/mol. The first-order chi connectivity index (χ1) is 6.49. The van der Waals surface area contributed by atoms with Crippen LogP contribution in [-0.2, 0) is 4.79 Å². The van der Waals surface area contributed by atoms with Gasteiger partial charge in [-0.3, -0.25) is 4.79 Å². The van der Waals surface area contributed by atoms with Crippen molar-refractivity contribution in [2.75, 3.05) is 19.8 Å². The Hall–Kier alpha value is -0.220. The zero-order valence-electron chi connectivity index (χ0n) is 9.12. The summed E-state index contributed by atoms with van der Waals surface area (Å²) in [6.07, 6.45) is 2.38. The van der Waals surface area contributed by atoms with Crippen LogP contribution in [0.1, 0.15) is 26.2 Å². The molecule has 0 aromatic heterocycles. The third-order valence-electron chi connectivity index (χ3n) is 3.23. The molecule has 1 aliphatic rings. The first kappa shape index (κ1) is 11.9. The molecule has 0 aliphatic carbocycles. The summed E-state index contributed by atoms with van der Waals surface area (Å²) < 4.78 is 0. The predicted molar refractivity (Wildman–Crippen MR) is 59.8 cm³/mol. The van der Waals surface area contributed by atoms with Gasteiger partial charge in [0, 0.05) is 10.8 Å². The molecule has 0 amide bonds. The Balaban J connectivity index is 2.83. The summed E-state index contributed by atoms with van der Waals surface area (Å²) in [6.45, 7) is 2.15. The van der Waals surface area contributed by atoms with Crippen LogP contribution in [0, 0.1) is 0 Å². The molecule has 0 saturated carbocycles. The minimum absolute atomic E-state index is 0.144. The molecule has 1 aliphatic heterocycles. The van der Waals surface area contributed by atoms with E-state index >= 15 is 0 Å². The Morgan fingerprint density at radius 1 is 1.64 bits per heavy atom. The zero-order chi connectivity index (χ0) is 10.8. The molecule has 82 valence electrons. The second-order valence-electron chi connectivity index (χ2n) is 4.19. The van der Waals surface area contributed by atoms with E-state index in [0.717, 1.165) is 18.6 Å². The van der Waals surface area contributed by atoms with Crippen LogP contribution in [0.25, 0.3) is 0 Å². The molecule has 1 heterocycles. The van der Waals surface area contributed by atoms with Crippen molar-refractivity contribution in [3.8, 4) is 0 Å². The third-order valence-corrected chi connectivity index (χ3v) is 4.69. The van der Waals surface area contributed by atoms with Gasteiger partial charge >= 0.3 is 5.97 Å². The molecule has 0 radical (unpaired) electrons. The van der Waals surface area contributed by atoms with Gasteiger partial charge in [-0.2, -0.15) is 11.8 Å². The Morgan fingerprint density at radius 3 is 2.71 bits per heavy atom. The summed E-state index contributed by atoms with van der Waals surface area (Å²) in [5.41, 5.74) is -0.144. The van der Waals surface area contributed by atoms with E-state index in [1.807, 2.05) is 25.9 Å². The molecular weight excluding hydrogens is 198 g/mol. The van der Waals surface area contributed by atoms with Gasteiger partial charge in [-0.15, -0.1) is 0 Å². The topological polar surface area (TPSA) is 40.5 Å². The highest BCUT2D eigenvalue weighted by atomic mass is 32.2. The smallest absolute Gasteiger partial charge is 0.305 e. The Kier molecular flexibility index (Phi) is 3.84. The molecule has 14 heavy (non-hydrogen) atoms. The standard InChI is InChI=1S/C10H19NO2S/c1-8-10(11(2)3,7-9(12)13)5-4-6-14-8/h8H,4-7H2,1-3H3,(H,12,13). The molecule has 1 N–H and O–H groups in total. The van der Waals surface area contributed by atoms with Crippen molar-refractivity contribution in [3.05, 3.63) is 0 Å². The summed E-state index contributed by atoms with van der Waals surface area (Å²) in [5.74, 6) is 0.476. The fraction of sp³-hybridized carbons (Fsp3) is 0.900. The van der Waals surface area contributed by atoms with Crippen LogP contribution in [0.15, 0.2) is 0 Å². The fourth-order valence-electron chi connectivity index (χ4n) is 2.24. The highest BCUT2D eigenvalue weighted by molar-refractivity contribution is 8.00. The van der Waals surface area contributed by atoms with E-state index in [1.165, 1.54) is 0 Å². The molecular formula is C10H19NO2S. The van der Waals surface area contributed by atoms with Crippen LogP contribution in [0.4, 0.5) is 0 Å². The number of rotatable bonds is 3. The number of aliphatic carboxylic acids is 1. The lowest BCUT2D eigenvalue weighted by molar-refractivity contribution is -0.140. The number of nitrogens with zero attached hydrogens (tertiary/aromatic N) is 1. The SMILES string of the molecule is CC1SCCCC1(CC(=O)O)N(C)C. The van der Waals surface area contributed by atoms with E-state index in [-0.39, 0.29) is 12.0 Å². The summed E-state index contributed by atoms with van der Waals surface area (Å²) in [4.78, 5) is 13.0. The van der Waals surface area contributed by atoms with Crippen molar-refractivity contribution >= 4 is 17.7 Å². The molecule has 0 aromatic rings. The van der Waals surface area contributed by atoms with Crippen molar-refractivity contribution in [3.63, 3.8) is 0 Å². The van der Waals surface area contributed by atoms with E-state index in [2.05, 4.69) is 11.8 Å². The van der Waals surface area contributed by atoms with Gasteiger partial charge in [-0.25, -0.2) is 0 Å². The van der Waals surface area contributed by atoms with Crippen LogP contribution >= 0.6 is 11.8 Å². The van der Waals surface area contributed by atoms with Gasteiger partial charge in [0.25, 0.3) is 0 Å². The van der Waals surface area contributed by atoms with E-state index < -0.39 is 5.97 Å². The number of carboxylic acids is 1. The van der Waals surface area contributed by atoms with Crippen LogP contribution < -0.4 is 0 Å². The number of carbonyl (C=O) groups is 1. The number of carboxylic acid groups (broad SMARTS) is 1. The highest BCUT2D eigenvalue weighted by Crippen LogP contribution is 2.39. The molecule has 1 fully saturated rings. The second-order valence-corrected chi connectivity index (χ2v) is 5.63. The van der Waals surface area contributed by atoms with Gasteiger partial charge in [-0.05, 0) is 32.7 Å². The van der Waals surface area contributed by atoms with Gasteiger partial charge in [-0.1, -0.05) is 6.92 Å². The summed E-state index contributed by atoms with van der Waals surface area (Å²) in [7, 11) is 3.98. The monoisotopic (exact) mass is 217 g/mol. The first-order valence-electron chi connectivity index (χ1n) is 5.00. The predicted octanol–water partition coefficient (Wildman–Crippen LogP) is 1.68. The molecule has 4 heteroatoms. The average Bonchev–Trinajstić information content (AvgIpc) is 2.08. The summed E-state index contributed by atoms with van der Waals surface area (Å²) in [6, 6.07) is 0. The third kappa shape index (κ3) is 2.23. The van der Waals surface area contributed by atoms with Crippen molar-refractivity contribution in [2.24, 2.45) is 0 Å². The first-order valence-corrected chi connectivity index (χ1v) is 6.05. The van der Waals surface area contributed by atoms with E-state index in [9.17, 15) is 4.79 Å². The van der Waals surface area contributed by atoms with Crippen molar-refractivity contribution < 1.29 is 9.90 Å². The molecule has 1 rings (SSSR count). The normalized spacial score (nSPS) is 33.3. The summed E-state index contributed by atoms with van der Waals surface area (Å²) in [5, 5.41) is 9.37. The van der Waals surface area contributed by atoms with Crippen molar-refractivity contribution in [1.82, 2.24) is 4.90 Å². The quantitative estimate of drug-likeness (QED) is 0.781. The lowest BCUT2D eigenvalue weighted by Crippen LogP contribution is -2.54. The maximum atomic E-state index is 10.9. The highest BCUT2D eigenvalue weighted by Gasteiger charge is 2.42. The van der Waals surface area contributed by atoms with Gasteiger partial charge in [0.1, 0.15) is 0 Å². The summed E-state index contributed by atoms with van der Waals surface area (Å²) >= 11 is 1.89. The van der Waals surface area contributed by atoms with Crippen LogP contribution in [0.2, 0.25) is 0 Å². The van der Waals surface area contributed by atoms with Crippen LogP contribution in [0.3, 0.4) is 0 Å². The van der Waals surface area contributed by atoms with Gasteiger partial charge in [0.2, 0.25) is 0 Å². The Labute approximate surface area is 89.9 Å². The minimum atomic E-state index is -0.687. The molecule has 2 unspecified atom stereocenters. The van der Waals surface area contributed by atoms with E-state index in [0.29, 0.717) is 5.25 Å². The van der Waals surface area contributed by atoms with E-state index in [4.69, 9.17) is 5.11 Å². The molecule has 2 atom stereocenters. The maximum absolute atomic E-state index is 10.9. The lowest BCUT2D eigenvalue weighted by Gasteiger charge is -2.46. The molecule has 0 aromatic carbocycles. The molecule has 0 bridgehead atoms. The zero-order valence-corrected chi connectivity index (χ0v) is 9.93. The Bertz CT molecular complexity index is 220. The lowest BCUT2D eigenvalue weighted by atomic mass is 9.85. The van der Waals surface area contributed by atoms with Gasteiger partial charge < -0.3 is 10.0 Å². The number of hydrogen-bond donors (Lipinski definition) is 1. The molecule has 1 saturated heterocycles. The second kappa shape index (κ2) is 4.53. The van der Waals surface area contributed by atoms with Crippen LogP contribution in [0.5, 0.6) is 0 Å². The number of thioether (sulfide) groups is 1. The fourth-order valence-corrected chi connectivity index (χ4v) is 3.62. The van der Waals surface area contributed by atoms with Gasteiger partial charge in [0.15, 0.2) is 0 Å². The van der Waals surface area contributed by atoms with E-state index in [1.54, 1.807) is 0 Å². The van der Waals surface area contributed by atoms with Crippen molar-refractivity contribution in [2.45, 2.75) is 37.0 Å².